The van der Waals surface area contributed by atoms with E-state index in [1.807, 2.05) is 28.7 Å². The Hall–Kier alpha value is -3.14. The average Bonchev–Trinajstić information content (AvgIpc) is 3.36. The quantitative estimate of drug-likeness (QED) is 0.329. The number of carbonyl (C=O) groups excluding carboxylic acids is 1. The van der Waals surface area contributed by atoms with Crippen molar-refractivity contribution in [3.05, 3.63) is 46.4 Å². The minimum Gasteiger partial charge on any atom is -0.360 e. The summed E-state index contributed by atoms with van der Waals surface area (Å²) < 4.78 is 8.53. The van der Waals surface area contributed by atoms with Crippen molar-refractivity contribution in [3.63, 3.8) is 0 Å². The maximum absolute atomic E-state index is 13.1. The Morgan fingerprint density at radius 1 is 1.26 bits per heavy atom. The fourth-order valence-corrected chi connectivity index (χ4v) is 4.25. The maximum atomic E-state index is 13.1. The number of aromatic nitrogens is 5. The number of unbranched alkanes of at least 4 members (excludes halogenated alkanes) is 2. The second-order valence-electron chi connectivity index (χ2n) is 7.37. The van der Waals surface area contributed by atoms with Crippen molar-refractivity contribution < 1.29 is 9.32 Å². The molecule has 1 aromatic carbocycles. The molecule has 10 heteroatoms. The van der Waals surface area contributed by atoms with Gasteiger partial charge in [0.2, 0.25) is 11.7 Å². The molecule has 1 amide bonds. The first kappa shape index (κ1) is 21.1. The Kier molecular flexibility index (Phi) is 6.08. The van der Waals surface area contributed by atoms with E-state index < -0.39 is 5.25 Å². The van der Waals surface area contributed by atoms with Gasteiger partial charge in [0.15, 0.2) is 11.0 Å². The number of thioether (sulfide) groups is 1. The number of benzene rings is 1. The molecular formula is C21H24N6O3S. The smallest absolute Gasteiger partial charge is 0.262 e. The first-order valence-corrected chi connectivity index (χ1v) is 11.1. The summed E-state index contributed by atoms with van der Waals surface area (Å²) in [5, 5.41) is 15.8. The highest BCUT2D eigenvalue weighted by atomic mass is 32.2. The SMILES string of the molecule is CCCCCn1c(=O)c2ccccc2n2c(SC(C)C(=O)Nc3cc(C)on3)nnc12. The molecule has 4 rings (SSSR count). The van der Waals surface area contributed by atoms with Crippen LogP contribution in [-0.2, 0) is 11.3 Å². The molecule has 9 nitrogen and oxygen atoms in total. The van der Waals surface area contributed by atoms with Crippen molar-refractivity contribution in [2.75, 3.05) is 5.32 Å². The maximum Gasteiger partial charge on any atom is 0.262 e. The number of para-hydroxylation sites is 1. The molecule has 0 fully saturated rings. The number of aryl methyl sites for hydroxylation is 2. The lowest BCUT2D eigenvalue weighted by Gasteiger charge is -2.12. The summed E-state index contributed by atoms with van der Waals surface area (Å²) in [6.45, 7) is 6.24. The van der Waals surface area contributed by atoms with Gasteiger partial charge in [0.25, 0.3) is 5.56 Å². The molecule has 3 heterocycles. The molecule has 3 aromatic heterocycles. The van der Waals surface area contributed by atoms with Crippen LogP contribution in [0, 0.1) is 6.92 Å². The highest BCUT2D eigenvalue weighted by molar-refractivity contribution is 8.00. The highest BCUT2D eigenvalue weighted by Gasteiger charge is 2.22. The van der Waals surface area contributed by atoms with Gasteiger partial charge in [0.1, 0.15) is 5.76 Å². The van der Waals surface area contributed by atoms with E-state index in [0.29, 0.717) is 34.4 Å². The van der Waals surface area contributed by atoms with Crippen molar-refractivity contribution in [1.29, 1.82) is 0 Å². The number of anilines is 1. The topological polar surface area (TPSA) is 107 Å². The minimum absolute atomic E-state index is 0.0738. The number of rotatable bonds is 8. The Labute approximate surface area is 182 Å². The van der Waals surface area contributed by atoms with Gasteiger partial charge in [-0.2, -0.15) is 0 Å². The third-order valence-electron chi connectivity index (χ3n) is 4.99. The normalized spacial score (nSPS) is 12.5. The van der Waals surface area contributed by atoms with Crippen LogP contribution in [0.1, 0.15) is 38.9 Å². The molecule has 0 spiro atoms. The number of carbonyl (C=O) groups is 1. The summed E-state index contributed by atoms with van der Waals surface area (Å²) in [6, 6.07) is 9.06. The monoisotopic (exact) mass is 440 g/mol. The second kappa shape index (κ2) is 8.93. The van der Waals surface area contributed by atoms with Crippen LogP contribution in [0.4, 0.5) is 5.82 Å². The van der Waals surface area contributed by atoms with Gasteiger partial charge in [-0.1, -0.05) is 48.8 Å². The van der Waals surface area contributed by atoms with Crippen molar-refractivity contribution in [3.8, 4) is 0 Å². The lowest BCUT2D eigenvalue weighted by molar-refractivity contribution is -0.115. The van der Waals surface area contributed by atoms with Crippen LogP contribution in [0.2, 0.25) is 0 Å². The number of hydrogen-bond acceptors (Lipinski definition) is 7. The van der Waals surface area contributed by atoms with E-state index in [1.54, 1.807) is 24.5 Å². The molecule has 0 saturated heterocycles. The van der Waals surface area contributed by atoms with E-state index in [9.17, 15) is 9.59 Å². The Morgan fingerprint density at radius 3 is 2.81 bits per heavy atom. The van der Waals surface area contributed by atoms with Gasteiger partial charge < -0.3 is 9.84 Å². The van der Waals surface area contributed by atoms with Crippen molar-refractivity contribution in [2.24, 2.45) is 0 Å². The van der Waals surface area contributed by atoms with Crippen molar-refractivity contribution in [2.45, 2.75) is 57.0 Å². The first-order valence-electron chi connectivity index (χ1n) is 10.3. The van der Waals surface area contributed by atoms with Crippen molar-refractivity contribution in [1.82, 2.24) is 24.3 Å². The molecule has 0 radical (unpaired) electrons. The highest BCUT2D eigenvalue weighted by Crippen LogP contribution is 2.26. The average molecular weight is 441 g/mol. The molecule has 0 aliphatic carbocycles. The Bertz CT molecular complexity index is 1290. The molecule has 0 bridgehead atoms. The lowest BCUT2D eigenvalue weighted by atomic mass is 10.2. The Morgan fingerprint density at radius 2 is 2.06 bits per heavy atom. The number of fused-ring (bicyclic) bond motifs is 3. The molecule has 1 atom stereocenters. The molecule has 31 heavy (non-hydrogen) atoms. The minimum atomic E-state index is -0.469. The molecule has 0 saturated carbocycles. The van der Waals surface area contributed by atoms with Crippen LogP contribution in [0.5, 0.6) is 0 Å². The Balaban J connectivity index is 1.70. The van der Waals surface area contributed by atoms with Gasteiger partial charge in [-0.15, -0.1) is 10.2 Å². The number of nitrogens with one attached hydrogen (secondary N) is 1. The van der Waals surface area contributed by atoms with Crippen molar-refractivity contribution >= 4 is 40.2 Å². The van der Waals surface area contributed by atoms with Gasteiger partial charge in [-0.3, -0.25) is 18.6 Å². The van der Waals surface area contributed by atoms with E-state index >= 15 is 0 Å². The summed E-state index contributed by atoms with van der Waals surface area (Å²) in [7, 11) is 0. The fraction of sp³-hybridized carbons (Fsp3) is 0.381. The van der Waals surface area contributed by atoms with E-state index in [0.717, 1.165) is 24.8 Å². The third kappa shape index (κ3) is 4.20. The van der Waals surface area contributed by atoms with E-state index in [1.165, 1.54) is 11.8 Å². The van der Waals surface area contributed by atoms with Crippen LogP contribution in [-0.4, -0.2) is 35.5 Å². The molecule has 4 aromatic rings. The summed E-state index contributed by atoms with van der Waals surface area (Å²) in [5.74, 6) is 1.25. The molecular weight excluding hydrogens is 416 g/mol. The van der Waals surface area contributed by atoms with E-state index in [4.69, 9.17) is 4.52 Å². The predicted octanol–water partition coefficient (Wildman–Crippen LogP) is 3.65. The van der Waals surface area contributed by atoms with Crippen LogP contribution in [0.25, 0.3) is 16.7 Å². The lowest BCUT2D eigenvalue weighted by Crippen LogP contribution is -2.24. The molecule has 162 valence electrons. The zero-order chi connectivity index (χ0) is 22.0. The van der Waals surface area contributed by atoms with Crippen LogP contribution in [0.3, 0.4) is 0 Å². The predicted molar refractivity (Wildman–Crippen MR) is 119 cm³/mol. The summed E-state index contributed by atoms with van der Waals surface area (Å²) >= 11 is 1.28. The molecule has 0 aliphatic rings. The second-order valence-corrected chi connectivity index (χ2v) is 8.68. The zero-order valence-corrected chi connectivity index (χ0v) is 18.5. The summed E-state index contributed by atoms with van der Waals surface area (Å²) in [5.41, 5.74) is 0.650. The van der Waals surface area contributed by atoms with Gasteiger partial charge in [0.05, 0.1) is 16.2 Å². The fourth-order valence-electron chi connectivity index (χ4n) is 3.40. The third-order valence-corrected chi connectivity index (χ3v) is 6.04. The van der Waals surface area contributed by atoms with Gasteiger partial charge in [-0.05, 0) is 32.4 Å². The molecule has 0 aliphatic heterocycles. The van der Waals surface area contributed by atoms with Crippen LogP contribution in [0.15, 0.2) is 44.8 Å². The van der Waals surface area contributed by atoms with Gasteiger partial charge in [-0.25, -0.2) is 0 Å². The number of amides is 1. The van der Waals surface area contributed by atoms with E-state index in [-0.39, 0.29) is 11.5 Å². The van der Waals surface area contributed by atoms with Crippen LogP contribution >= 0.6 is 11.8 Å². The number of nitrogens with zero attached hydrogens (tertiary/aromatic N) is 5. The largest absolute Gasteiger partial charge is 0.360 e. The molecule has 1 N–H and O–H groups in total. The summed E-state index contributed by atoms with van der Waals surface area (Å²) in [6.07, 6.45) is 2.97. The van der Waals surface area contributed by atoms with E-state index in [2.05, 4.69) is 27.6 Å². The standard InChI is InChI=1S/C21H24N6O3S/c1-4-5-8-11-26-19(29)15-9-6-7-10-16(15)27-20(26)23-24-21(27)31-14(3)18(28)22-17-12-13(2)30-25-17/h6-7,9-10,12,14H,4-5,8,11H2,1-3H3,(H,22,25,28). The number of hydrogen-bond donors (Lipinski definition) is 1. The van der Waals surface area contributed by atoms with Gasteiger partial charge >= 0.3 is 0 Å². The first-order chi connectivity index (χ1) is 15.0. The van der Waals surface area contributed by atoms with Crippen LogP contribution < -0.4 is 10.9 Å². The van der Waals surface area contributed by atoms with Gasteiger partial charge in [0, 0.05) is 12.6 Å². The summed E-state index contributed by atoms with van der Waals surface area (Å²) in [4.78, 5) is 25.7. The molecule has 1 unspecified atom stereocenters. The zero-order valence-electron chi connectivity index (χ0n) is 17.7.